The van der Waals surface area contributed by atoms with Crippen LogP contribution in [0.5, 0.6) is 0 Å². The minimum Gasteiger partial charge on any atom is -0.465 e. The molecule has 0 bridgehead atoms. The highest BCUT2D eigenvalue weighted by Gasteiger charge is 2.15. The van der Waals surface area contributed by atoms with E-state index in [2.05, 4.69) is 23.9 Å². The van der Waals surface area contributed by atoms with E-state index in [1.165, 1.54) is 0 Å². The smallest absolute Gasteiger partial charge is 0.138 e. The maximum absolute atomic E-state index is 6.12. The third-order valence-corrected chi connectivity index (χ3v) is 2.76. The summed E-state index contributed by atoms with van der Waals surface area (Å²) >= 11 is 0. The van der Waals surface area contributed by atoms with Crippen LogP contribution >= 0.6 is 0 Å². The third-order valence-electron chi connectivity index (χ3n) is 2.76. The van der Waals surface area contributed by atoms with E-state index in [0.717, 1.165) is 23.9 Å². The first-order valence-corrected chi connectivity index (χ1v) is 6.25. The minimum absolute atomic E-state index is 0.172. The van der Waals surface area contributed by atoms with E-state index in [0.29, 0.717) is 12.3 Å². The maximum Gasteiger partial charge on any atom is 0.138 e. The first-order valence-electron chi connectivity index (χ1n) is 6.25. The Morgan fingerprint density at radius 1 is 1.39 bits per heavy atom. The van der Waals surface area contributed by atoms with E-state index in [1.54, 1.807) is 6.33 Å². The summed E-state index contributed by atoms with van der Waals surface area (Å²) < 4.78 is 7.45. The first-order chi connectivity index (χ1) is 8.56. The number of aryl methyl sites for hydroxylation is 1. The van der Waals surface area contributed by atoms with Crippen molar-refractivity contribution >= 4 is 0 Å². The van der Waals surface area contributed by atoms with Gasteiger partial charge >= 0.3 is 0 Å². The second-order valence-electron chi connectivity index (χ2n) is 5.01. The largest absolute Gasteiger partial charge is 0.465 e. The van der Waals surface area contributed by atoms with Crippen LogP contribution in [0.1, 0.15) is 37.2 Å². The maximum atomic E-state index is 6.12. The average molecular weight is 248 g/mol. The Balaban J connectivity index is 2.07. The topological polar surface area (TPSA) is 69.9 Å². The zero-order chi connectivity index (χ0) is 13.1. The van der Waals surface area contributed by atoms with E-state index in [4.69, 9.17) is 10.2 Å². The van der Waals surface area contributed by atoms with Crippen molar-refractivity contribution in [3.63, 3.8) is 0 Å². The van der Waals surface area contributed by atoms with Crippen molar-refractivity contribution in [1.82, 2.24) is 14.8 Å². The number of rotatable bonds is 5. The molecule has 0 amide bonds. The zero-order valence-corrected chi connectivity index (χ0v) is 11.1. The standard InChI is InChI=1S/C13H20N4O/c1-9(2)7-17-13(15-8-16-17)6-11(14)12-5-4-10(3)18-12/h4-5,8-9,11H,6-7,14H2,1-3H3. The minimum atomic E-state index is -0.172. The third kappa shape index (κ3) is 2.98. The van der Waals surface area contributed by atoms with Crippen molar-refractivity contribution in [1.29, 1.82) is 0 Å². The molecule has 2 rings (SSSR count). The van der Waals surface area contributed by atoms with Gasteiger partial charge in [0.1, 0.15) is 23.7 Å². The van der Waals surface area contributed by atoms with Gasteiger partial charge in [0.2, 0.25) is 0 Å². The fraction of sp³-hybridized carbons (Fsp3) is 0.538. The molecule has 98 valence electrons. The Morgan fingerprint density at radius 3 is 2.78 bits per heavy atom. The van der Waals surface area contributed by atoms with Gasteiger partial charge in [-0.2, -0.15) is 5.10 Å². The Kier molecular flexibility index (Phi) is 3.81. The Bertz CT molecular complexity index is 501. The molecule has 2 N–H and O–H groups in total. The monoisotopic (exact) mass is 248 g/mol. The summed E-state index contributed by atoms with van der Waals surface area (Å²) in [6.45, 7) is 7.08. The van der Waals surface area contributed by atoms with Gasteiger partial charge in [0.25, 0.3) is 0 Å². The first kappa shape index (κ1) is 12.8. The van der Waals surface area contributed by atoms with Crippen LogP contribution in [-0.4, -0.2) is 14.8 Å². The van der Waals surface area contributed by atoms with Gasteiger partial charge in [-0.05, 0) is 25.0 Å². The fourth-order valence-electron chi connectivity index (χ4n) is 1.89. The lowest BCUT2D eigenvalue weighted by atomic mass is 10.1. The van der Waals surface area contributed by atoms with Crippen molar-refractivity contribution in [3.8, 4) is 0 Å². The molecular formula is C13H20N4O. The molecule has 1 unspecified atom stereocenters. The van der Waals surface area contributed by atoms with Gasteiger partial charge in [0.15, 0.2) is 0 Å². The van der Waals surface area contributed by atoms with Crippen LogP contribution in [0.15, 0.2) is 22.9 Å². The summed E-state index contributed by atoms with van der Waals surface area (Å²) in [7, 11) is 0. The summed E-state index contributed by atoms with van der Waals surface area (Å²) in [4.78, 5) is 4.27. The molecule has 0 fully saturated rings. The lowest BCUT2D eigenvalue weighted by Gasteiger charge is -2.11. The molecule has 0 aromatic carbocycles. The SMILES string of the molecule is Cc1ccc(C(N)Cc2ncnn2CC(C)C)o1. The molecular weight excluding hydrogens is 228 g/mol. The molecule has 0 aliphatic heterocycles. The summed E-state index contributed by atoms with van der Waals surface area (Å²) in [6.07, 6.45) is 2.22. The molecule has 2 aromatic heterocycles. The molecule has 1 atom stereocenters. The van der Waals surface area contributed by atoms with Gasteiger partial charge in [0, 0.05) is 13.0 Å². The van der Waals surface area contributed by atoms with Crippen molar-refractivity contribution < 1.29 is 4.42 Å². The normalized spacial score (nSPS) is 13.2. The van der Waals surface area contributed by atoms with E-state index in [-0.39, 0.29) is 6.04 Å². The van der Waals surface area contributed by atoms with Gasteiger partial charge < -0.3 is 10.2 Å². The van der Waals surface area contributed by atoms with Crippen molar-refractivity contribution in [3.05, 3.63) is 35.8 Å². The molecule has 0 aliphatic rings. The van der Waals surface area contributed by atoms with Crippen molar-refractivity contribution in [2.45, 2.75) is 39.8 Å². The molecule has 2 heterocycles. The van der Waals surface area contributed by atoms with E-state index in [1.807, 2.05) is 23.7 Å². The highest BCUT2D eigenvalue weighted by Crippen LogP contribution is 2.17. The van der Waals surface area contributed by atoms with Gasteiger partial charge in [-0.1, -0.05) is 13.8 Å². The van der Waals surface area contributed by atoms with Crippen molar-refractivity contribution in [2.24, 2.45) is 11.7 Å². The lowest BCUT2D eigenvalue weighted by molar-refractivity contribution is 0.424. The number of aromatic nitrogens is 3. The number of hydrogen-bond acceptors (Lipinski definition) is 4. The second kappa shape index (κ2) is 5.35. The number of furan rings is 1. The number of nitrogens with zero attached hydrogens (tertiary/aromatic N) is 3. The quantitative estimate of drug-likeness (QED) is 0.879. The summed E-state index contributed by atoms with van der Waals surface area (Å²) in [5.41, 5.74) is 6.12. The average Bonchev–Trinajstić information content (AvgIpc) is 2.88. The fourth-order valence-corrected chi connectivity index (χ4v) is 1.89. The molecule has 18 heavy (non-hydrogen) atoms. The second-order valence-corrected chi connectivity index (χ2v) is 5.01. The number of hydrogen-bond donors (Lipinski definition) is 1. The number of nitrogens with two attached hydrogens (primary N) is 1. The Morgan fingerprint density at radius 2 is 2.17 bits per heavy atom. The lowest BCUT2D eigenvalue weighted by Crippen LogP contribution is -2.18. The molecule has 0 saturated heterocycles. The van der Waals surface area contributed by atoms with Crippen LogP contribution in [0.3, 0.4) is 0 Å². The van der Waals surface area contributed by atoms with Crippen LogP contribution in [0.2, 0.25) is 0 Å². The molecule has 0 aliphatic carbocycles. The van der Waals surface area contributed by atoms with Gasteiger partial charge in [-0.15, -0.1) is 0 Å². The summed E-state index contributed by atoms with van der Waals surface area (Å²) in [6, 6.07) is 3.67. The van der Waals surface area contributed by atoms with Gasteiger partial charge in [-0.3, -0.25) is 0 Å². The predicted molar refractivity (Wildman–Crippen MR) is 68.9 cm³/mol. The molecule has 0 radical (unpaired) electrons. The molecule has 0 spiro atoms. The Labute approximate surface area is 107 Å². The highest BCUT2D eigenvalue weighted by molar-refractivity contribution is 5.10. The van der Waals surface area contributed by atoms with Crippen LogP contribution in [0, 0.1) is 12.8 Å². The van der Waals surface area contributed by atoms with Crippen LogP contribution in [0.4, 0.5) is 0 Å². The summed E-state index contributed by atoms with van der Waals surface area (Å²) in [5, 5.41) is 4.23. The summed E-state index contributed by atoms with van der Waals surface area (Å²) in [5.74, 6) is 3.12. The van der Waals surface area contributed by atoms with Gasteiger partial charge in [0.05, 0.1) is 6.04 Å². The van der Waals surface area contributed by atoms with Gasteiger partial charge in [-0.25, -0.2) is 9.67 Å². The highest BCUT2D eigenvalue weighted by atomic mass is 16.3. The van der Waals surface area contributed by atoms with Crippen LogP contribution < -0.4 is 5.73 Å². The van der Waals surface area contributed by atoms with Crippen LogP contribution in [-0.2, 0) is 13.0 Å². The predicted octanol–water partition coefficient (Wildman–Crippen LogP) is 2.08. The molecule has 5 heteroatoms. The molecule has 0 saturated carbocycles. The zero-order valence-electron chi connectivity index (χ0n) is 11.1. The van der Waals surface area contributed by atoms with Crippen LogP contribution in [0.25, 0.3) is 0 Å². The molecule has 5 nitrogen and oxygen atoms in total. The van der Waals surface area contributed by atoms with E-state index in [9.17, 15) is 0 Å². The van der Waals surface area contributed by atoms with E-state index >= 15 is 0 Å². The van der Waals surface area contributed by atoms with Crippen molar-refractivity contribution in [2.75, 3.05) is 0 Å². The Hall–Kier alpha value is -1.62. The van der Waals surface area contributed by atoms with E-state index < -0.39 is 0 Å². The molecule has 2 aromatic rings.